The van der Waals surface area contributed by atoms with Gasteiger partial charge in [-0.2, -0.15) is 0 Å². The number of carbonyl (C=O) groups excluding carboxylic acids is 2. The zero-order valence-electron chi connectivity index (χ0n) is 9.62. The van der Waals surface area contributed by atoms with Gasteiger partial charge >= 0.3 is 11.9 Å². The molecule has 16 heavy (non-hydrogen) atoms. The molecular formula is C12H16O4. The fourth-order valence-electron chi connectivity index (χ4n) is 2.28. The first kappa shape index (κ1) is 11.2. The van der Waals surface area contributed by atoms with Gasteiger partial charge in [0.15, 0.2) is 0 Å². The lowest BCUT2D eigenvalue weighted by Crippen LogP contribution is -2.36. The molecule has 0 aromatic rings. The molecule has 1 saturated carbocycles. The Bertz CT molecular complexity index is 360. The van der Waals surface area contributed by atoms with Gasteiger partial charge in [-0.1, -0.05) is 6.58 Å². The van der Waals surface area contributed by atoms with E-state index in [0.717, 1.165) is 6.42 Å². The molecule has 3 atom stereocenters. The van der Waals surface area contributed by atoms with Crippen molar-refractivity contribution >= 4 is 11.9 Å². The van der Waals surface area contributed by atoms with Crippen LogP contribution < -0.4 is 0 Å². The van der Waals surface area contributed by atoms with Crippen LogP contribution in [0.1, 0.15) is 33.1 Å². The molecule has 1 aliphatic heterocycles. The van der Waals surface area contributed by atoms with Gasteiger partial charge < -0.3 is 9.47 Å². The van der Waals surface area contributed by atoms with Crippen LogP contribution in [0.2, 0.25) is 0 Å². The molecular weight excluding hydrogens is 208 g/mol. The van der Waals surface area contributed by atoms with Gasteiger partial charge in [-0.25, -0.2) is 4.79 Å². The Kier molecular flexibility index (Phi) is 2.52. The summed E-state index contributed by atoms with van der Waals surface area (Å²) in [6.45, 7) is 7.04. The van der Waals surface area contributed by atoms with Gasteiger partial charge in [-0.15, -0.1) is 0 Å². The molecule has 0 aromatic carbocycles. The number of esters is 2. The first-order valence-electron chi connectivity index (χ1n) is 5.50. The highest BCUT2D eigenvalue weighted by Gasteiger charge is 2.52. The maximum atomic E-state index is 11.6. The van der Waals surface area contributed by atoms with E-state index in [9.17, 15) is 9.59 Å². The van der Waals surface area contributed by atoms with E-state index in [1.54, 1.807) is 6.92 Å². The second-order valence-electron chi connectivity index (χ2n) is 4.97. The lowest BCUT2D eigenvalue weighted by molar-refractivity contribution is -0.157. The summed E-state index contributed by atoms with van der Waals surface area (Å²) in [5, 5.41) is 0. The SMILES string of the molecule is C=C(C)C(=O)OC1CCC2(C)CC1OC2=O. The van der Waals surface area contributed by atoms with Gasteiger partial charge in [0.25, 0.3) is 0 Å². The number of rotatable bonds is 2. The molecule has 88 valence electrons. The van der Waals surface area contributed by atoms with Crippen LogP contribution in [0.15, 0.2) is 12.2 Å². The third-order valence-electron chi connectivity index (χ3n) is 3.41. The number of hydrogen-bond acceptors (Lipinski definition) is 4. The topological polar surface area (TPSA) is 52.6 Å². The summed E-state index contributed by atoms with van der Waals surface area (Å²) in [5.74, 6) is -0.567. The maximum absolute atomic E-state index is 11.6. The molecule has 0 spiro atoms. The average Bonchev–Trinajstić information content (AvgIpc) is 2.44. The highest BCUT2D eigenvalue weighted by atomic mass is 16.6. The monoisotopic (exact) mass is 224 g/mol. The molecule has 0 amide bonds. The number of ether oxygens (including phenoxy) is 2. The zero-order valence-corrected chi connectivity index (χ0v) is 9.62. The van der Waals surface area contributed by atoms with E-state index in [-0.39, 0.29) is 23.6 Å². The molecule has 2 aliphatic rings. The van der Waals surface area contributed by atoms with Crippen LogP contribution in [0, 0.1) is 5.41 Å². The van der Waals surface area contributed by atoms with Crippen molar-refractivity contribution in [1.29, 1.82) is 0 Å². The second-order valence-corrected chi connectivity index (χ2v) is 4.97. The molecule has 1 heterocycles. The minimum absolute atomic E-state index is 0.161. The van der Waals surface area contributed by atoms with Crippen molar-refractivity contribution in [2.24, 2.45) is 5.41 Å². The largest absolute Gasteiger partial charge is 0.458 e. The lowest BCUT2D eigenvalue weighted by Gasteiger charge is -2.29. The zero-order chi connectivity index (χ0) is 11.9. The molecule has 0 aromatic heterocycles. The standard InChI is InChI=1S/C12H16O4/c1-7(2)10(13)15-8-4-5-12(3)6-9(8)16-11(12)14/h8-9H,1,4-6H2,2-3H3. The van der Waals surface area contributed by atoms with Crippen LogP contribution in [0.3, 0.4) is 0 Å². The van der Waals surface area contributed by atoms with E-state index in [1.807, 2.05) is 6.92 Å². The second kappa shape index (κ2) is 3.61. The van der Waals surface area contributed by atoms with Gasteiger partial charge in [0.05, 0.1) is 5.41 Å². The summed E-state index contributed by atoms with van der Waals surface area (Å²) in [5.41, 5.74) is 0.00854. The molecule has 1 saturated heterocycles. The van der Waals surface area contributed by atoms with Crippen molar-refractivity contribution in [3.8, 4) is 0 Å². The van der Waals surface area contributed by atoms with Gasteiger partial charge in [0.1, 0.15) is 12.2 Å². The van der Waals surface area contributed by atoms with Gasteiger partial charge in [0, 0.05) is 12.0 Å². The Hall–Kier alpha value is -1.32. The van der Waals surface area contributed by atoms with E-state index >= 15 is 0 Å². The normalized spacial score (nSPS) is 36.8. The Labute approximate surface area is 94.6 Å². The fraction of sp³-hybridized carbons (Fsp3) is 0.667. The molecule has 4 nitrogen and oxygen atoms in total. The summed E-state index contributed by atoms with van der Waals surface area (Å²) in [6.07, 6.45) is 1.49. The average molecular weight is 224 g/mol. The van der Waals surface area contributed by atoms with E-state index < -0.39 is 5.97 Å². The summed E-state index contributed by atoms with van der Waals surface area (Å²) < 4.78 is 10.5. The maximum Gasteiger partial charge on any atom is 0.333 e. The third-order valence-corrected chi connectivity index (χ3v) is 3.41. The Morgan fingerprint density at radius 1 is 1.62 bits per heavy atom. The molecule has 1 aliphatic carbocycles. The third kappa shape index (κ3) is 1.72. The van der Waals surface area contributed by atoms with Gasteiger partial charge in [-0.3, -0.25) is 4.79 Å². The summed E-state index contributed by atoms with van der Waals surface area (Å²) >= 11 is 0. The van der Waals surface area contributed by atoms with Crippen LogP contribution >= 0.6 is 0 Å². The predicted octanol–water partition coefficient (Wildman–Crippen LogP) is 1.59. The van der Waals surface area contributed by atoms with Gasteiger partial charge in [-0.05, 0) is 26.7 Å². The highest BCUT2D eigenvalue weighted by molar-refractivity contribution is 5.87. The van der Waals surface area contributed by atoms with Crippen molar-refractivity contribution in [3.05, 3.63) is 12.2 Å². The Morgan fingerprint density at radius 3 is 2.94 bits per heavy atom. The van der Waals surface area contributed by atoms with Crippen LogP contribution in [-0.2, 0) is 19.1 Å². The quantitative estimate of drug-likeness (QED) is 0.528. The van der Waals surface area contributed by atoms with E-state index in [0.29, 0.717) is 18.4 Å². The lowest BCUT2D eigenvalue weighted by atomic mass is 9.76. The van der Waals surface area contributed by atoms with E-state index in [1.165, 1.54) is 0 Å². The molecule has 2 rings (SSSR count). The van der Waals surface area contributed by atoms with Crippen LogP contribution in [0.4, 0.5) is 0 Å². The van der Waals surface area contributed by atoms with E-state index in [4.69, 9.17) is 9.47 Å². The molecule has 2 bridgehead atoms. The van der Waals surface area contributed by atoms with Crippen LogP contribution in [0.5, 0.6) is 0 Å². The van der Waals surface area contributed by atoms with Crippen LogP contribution in [0.25, 0.3) is 0 Å². The minimum Gasteiger partial charge on any atom is -0.458 e. The summed E-state index contributed by atoms with van der Waals surface area (Å²) in [6, 6.07) is 0. The summed E-state index contributed by atoms with van der Waals surface area (Å²) in [4.78, 5) is 22.9. The van der Waals surface area contributed by atoms with Crippen molar-refractivity contribution in [2.75, 3.05) is 0 Å². The first-order chi connectivity index (χ1) is 7.42. The Balaban J connectivity index is 2.03. The number of carbonyl (C=O) groups is 2. The molecule has 2 fully saturated rings. The molecule has 3 unspecified atom stereocenters. The molecule has 4 heteroatoms. The number of hydrogen-bond donors (Lipinski definition) is 0. The fourth-order valence-corrected chi connectivity index (χ4v) is 2.28. The minimum atomic E-state index is -0.406. The van der Waals surface area contributed by atoms with Crippen molar-refractivity contribution < 1.29 is 19.1 Å². The van der Waals surface area contributed by atoms with Crippen molar-refractivity contribution in [1.82, 2.24) is 0 Å². The first-order valence-corrected chi connectivity index (χ1v) is 5.50. The number of fused-ring (bicyclic) bond motifs is 2. The van der Waals surface area contributed by atoms with Crippen molar-refractivity contribution in [2.45, 2.75) is 45.3 Å². The van der Waals surface area contributed by atoms with Gasteiger partial charge in [0.2, 0.25) is 0 Å². The highest BCUT2D eigenvalue weighted by Crippen LogP contribution is 2.45. The molecule has 0 radical (unpaired) electrons. The Morgan fingerprint density at radius 2 is 2.31 bits per heavy atom. The molecule has 0 N–H and O–H groups in total. The summed E-state index contributed by atoms with van der Waals surface area (Å²) in [7, 11) is 0. The smallest absolute Gasteiger partial charge is 0.333 e. The van der Waals surface area contributed by atoms with E-state index in [2.05, 4.69) is 6.58 Å². The predicted molar refractivity (Wildman–Crippen MR) is 56.5 cm³/mol. The van der Waals surface area contributed by atoms with Crippen LogP contribution in [-0.4, -0.2) is 24.1 Å². The van der Waals surface area contributed by atoms with Crippen molar-refractivity contribution in [3.63, 3.8) is 0 Å².